The summed E-state index contributed by atoms with van der Waals surface area (Å²) in [7, 11) is -6.65. The Morgan fingerprint density at radius 2 is 1.78 bits per heavy atom. The number of halogens is 1. The maximum atomic E-state index is 14.4. The van der Waals surface area contributed by atoms with Gasteiger partial charge in [0.25, 0.3) is 10.0 Å². The molecule has 0 amide bonds. The van der Waals surface area contributed by atoms with Crippen LogP contribution in [0.3, 0.4) is 0 Å². The van der Waals surface area contributed by atoms with Gasteiger partial charge in [0.15, 0.2) is 0 Å². The lowest BCUT2D eigenvalue weighted by Gasteiger charge is -2.26. The lowest BCUT2D eigenvalue weighted by molar-refractivity contribution is 0.0729. The average Bonchev–Trinajstić information content (AvgIpc) is 2.76. The van der Waals surface area contributed by atoms with Crippen molar-refractivity contribution in [1.29, 1.82) is 0 Å². The van der Waals surface area contributed by atoms with Gasteiger partial charge in [-0.15, -0.1) is 0 Å². The summed E-state index contributed by atoms with van der Waals surface area (Å²) in [6.07, 6.45) is 0. The summed E-state index contributed by atoms with van der Waals surface area (Å²) in [5.41, 5.74) is 0.523. The molecule has 176 valence electrons. The second-order valence-electron chi connectivity index (χ2n) is 7.04. The zero-order valence-electron chi connectivity index (χ0n) is 17.7. The predicted octanol–water partition coefficient (Wildman–Crippen LogP) is 1.98. The number of benzene rings is 2. The zero-order chi connectivity index (χ0) is 23.4. The van der Waals surface area contributed by atoms with E-state index in [1.165, 1.54) is 24.3 Å². The highest BCUT2D eigenvalue weighted by molar-refractivity contribution is 7.92. The third-order valence-electron chi connectivity index (χ3n) is 4.77. The fourth-order valence-electron chi connectivity index (χ4n) is 3.09. The summed E-state index contributed by atoms with van der Waals surface area (Å²) in [6.45, 7) is 3.01. The van der Waals surface area contributed by atoms with Crippen molar-refractivity contribution < 1.29 is 35.4 Å². The molecule has 0 atom stereocenters. The molecule has 12 heteroatoms. The van der Waals surface area contributed by atoms with E-state index in [1.807, 2.05) is 0 Å². The number of ether oxygens (including phenoxy) is 3. The van der Waals surface area contributed by atoms with Crippen molar-refractivity contribution in [1.82, 2.24) is 4.31 Å². The van der Waals surface area contributed by atoms with Gasteiger partial charge in [-0.05, 0) is 48.9 Å². The van der Waals surface area contributed by atoms with Gasteiger partial charge in [-0.3, -0.25) is 4.72 Å². The molecule has 32 heavy (non-hydrogen) atoms. The molecule has 1 heterocycles. The number of nitrogens with zero attached hydrogens (tertiary/aromatic N) is 1. The van der Waals surface area contributed by atoms with E-state index in [0.29, 0.717) is 24.5 Å². The summed E-state index contributed by atoms with van der Waals surface area (Å²) in [4.78, 5) is -0.645. The third-order valence-corrected chi connectivity index (χ3v) is 8.07. The first kappa shape index (κ1) is 24.4. The first-order chi connectivity index (χ1) is 15.1. The normalized spacial score (nSPS) is 15.5. The van der Waals surface area contributed by atoms with Gasteiger partial charge in [-0.1, -0.05) is 0 Å². The number of aryl methyl sites for hydroxylation is 1. The first-order valence-corrected chi connectivity index (χ1v) is 12.7. The van der Waals surface area contributed by atoms with Crippen LogP contribution in [-0.2, 0) is 29.5 Å². The molecule has 3 rings (SSSR count). The molecule has 2 aromatic carbocycles. The second kappa shape index (κ2) is 10.1. The fraction of sp³-hybridized carbons (Fsp3) is 0.400. The van der Waals surface area contributed by atoms with Crippen molar-refractivity contribution in [2.45, 2.75) is 16.7 Å². The van der Waals surface area contributed by atoms with Gasteiger partial charge < -0.3 is 14.2 Å². The van der Waals surface area contributed by atoms with E-state index in [-0.39, 0.29) is 36.9 Å². The topological polar surface area (TPSA) is 111 Å². The maximum Gasteiger partial charge on any atom is 0.261 e. The smallest absolute Gasteiger partial charge is 0.261 e. The van der Waals surface area contributed by atoms with Crippen molar-refractivity contribution >= 4 is 25.7 Å². The van der Waals surface area contributed by atoms with Crippen LogP contribution in [0.5, 0.6) is 5.75 Å². The summed E-state index contributed by atoms with van der Waals surface area (Å²) in [6, 6.07) is 7.39. The molecular weight excluding hydrogens is 463 g/mol. The Kier molecular flexibility index (Phi) is 7.72. The van der Waals surface area contributed by atoms with Gasteiger partial charge in [-0.2, -0.15) is 4.31 Å². The van der Waals surface area contributed by atoms with Gasteiger partial charge in [0.2, 0.25) is 10.0 Å². The average molecular weight is 489 g/mol. The number of anilines is 1. The van der Waals surface area contributed by atoms with Crippen LogP contribution in [0.4, 0.5) is 10.1 Å². The molecule has 0 aliphatic carbocycles. The molecule has 0 unspecified atom stereocenters. The van der Waals surface area contributed by atoms with Gasteiger partial charge in [0, 0.05) is 20.2 Å². The quantitative estimate of drug-likeness (QED) is 0.537. The Morgan fingerprint density at radius 1 is 1.06 bits per heavy atom. The molecule has 1 N–H and O–H groups in total. The van der Waals surface area contributed by atoms with Gasteiger partial charge >= 0.3 is 0 Å². The van der Waals surface area contributed by atoms with E-state index < -0.39 is 30.8 Å². The molecule has 0 aromatic heterocycles. The minimum absolute atomic E-state index is 0.0454. The predicted molar refractivity (Wildman–Crippen MR) is 115 cm³/mol. The SMILES string of the molecule is COCCOc1ccc(S(=O)(=O)Nc2ccc(F)c(S(=O)(=O)N3CCOCC3)c2)cc1C. The van der Waals surface area contributed by atoms with Crippen LogP contribution in [0.25, 0.3) is 0 Å². The summed E-state index contributed by atoms with van der Waals surface area (Å²) < 4.78 is 84.7. The Hall–Kier alpha value is -2.25. The Morgan fingerprint density at radius 3 is 2.44 bits per heavy atom. The van der Waals surface area contributed by atoms with E-state index in [2.05, 4.69) is 4.72 Å². The molecule has 0 bridgehead atoms. The van der Waals surface area contributed by atoms with Crippen molar-refractivity contribution in [3.05, 3.63) is 47.8 Å². The standard InChI is InChI=1S/C20H25FN2O7S2/c1-15-13-17(4-6-19(15)30-12-11-28-2)31(24,25)22-16-3-5-18(21)20(14-16)32(26,27)23-7-9-29-10-8-23/h3-6,13-14,22H,7-12H2,1-2H3. The van der Waals surface area contributed by atoms with E-state index in [4.69, 9.17) is 14.2 Å². The molecule has 0 spiro atoms. The van der Waals surface area contributed by atoms with Crippen molar-refractivity contribution in [2.75, 3.05) is 51.3 Å². The second-order valence-corrected chi connectivity index (χ2v) is 10.6. The van der Waals surface area contributed by atoms with Gasteiger partial charge in [0.1, 0.15) is 23.1 Å². The zero-order valence-corrected chi connectivity index (χ0v) is 19.3. The van der Waals surface area contributed by atoms with Crippen molar-refractivity contribution in [3.8, 4) is 5.75 Å². The molecular formula is C20H25FN2O7S2. The third kappa shape index (κ3) is 5.56. The van der Waals surface area contributed by atoms with E-state index in [9.17, 15) is 21.2 Å². The molecule has 1 aliphatic rings. The monoisotopic (exact) mass is 488 g/mol. The van der Waals surface area contributed by atoms with Crippen LogP contribution in [0.2, 0.25) is 0 Å². The number of nitrogens with one attached hydrogen (secondary N) is 1. The van der Waals surface area contributed by atoms with Crippen LogP contribution < -0.4 is 9.46 Å². The number of morpholine rings is 1. The van der Waals surface area contributed by atoms with E-state index in [1.54, 1.807) is 14.0 Å². The minimum Gasteiger partial charge on any atom is -0.491 e. The van der Waals surface area contributed by atoms with Gasteiger partial charge in [-0.25, -0.2) is 21.2 Å². The molecule has 1 fully saturated rings. The van der Waals surface area contributed by atoms with Crippen LogP contribution in [0.1, 0.15) is 5.56 Å². The highest BCUT2D eigenvalue weighted by Crippen LogP contribution is 2.27. The number of sulfonamides is 2. The summed E-state index contributed by atoms with van der Waals surface area (Å²) in [5.74, 6) is -0.450. The lowest BCUT2D eigenvalue weighted by Crippen LogP contribution is -2.40. The van der Waals surface area contributed by atoms with Crippen LogP contribution in [-0.4, -0.2) is 67.8 Å². The Bertz CT molecular complexity index is 1160. The lowest BCUT2D eigenvalue weighted by atomic mass is 10.2. The number of methoxy groups -OCH3 is 1. The van der Waals surface area contributed by atoms with Crippen molar-refractivity contribution in [2.24, 2.45) is 0 Å². The highest BCUT2D eigenvalue weighted by atomic mass is 32.2. The minimum atomic E-state index is -4.14. The highest BCUT2D eigenvalue weighted by Gasteiger charge is 2.29. The molecule has 1 saturated heterocycles. The number of rotatable bonds is 9. The van der Waals surface area contributed by atoms with Crippen molar-refractivity contribution in [3.63, 3.8) is 0 Å². The fourth-order valence-corrected chi connectivity index (χ4v) is 5.72. The van der Waals surface area contributed by atoms with Gasteiger partial charge in [0.05, 0.1) is 30.4 Å². The molecule has 2 aromatic rings. The first-order valence-electron chi connectivity index (χ1n) is 9.78. The van der Waals surface area contributed by atoms with Crippen LogP contribution in [0, 0.1) is 12.7 Å². The molecule has 0 saturated carbocycles. The molecule has 9 nitrogen and oxygen atoms in total. The Balaban J connectivity index is 1.84. The maximum absolute atomic E-state index is 14.4. The largest absolute Gasteiger partial charge is 0.491 e. The molecule has 0 radical (unpaired) electrons. The Labute approximate surface area is 187 Å². The number of hydrogen-bond donors (Lipinski definition) is 1. The van der Waals surface area contributed by atoms with Crippen LogP contribution in [0.15, 0.2) is 46.2 Å². The van der Waals surface area contributed by atoms with Crippen LogP contribution >= 0.6 is 0 Å². The molecule has 1 aliphatic heterocycles. The van der Waals surface area contributed by atoms with E-state index in [0.717, 1.165) is 16.4 Å². The number of hydrogen-bond acceptors (Lipinski definition) is 7. The summed E-state index contributed by atoms with van der Waals surface area (Å²) >= 11 is 0. The summed E-state index contributed by atoms with van der Waals surface area (Å²) in [5, 5.41) is 0. The van der Waals surface area contributed by atoms with E-state index >= 15 is 0 Å².